The largest absolute Gasteiger partial charge is 0.300 e. The highest BCUT2D eigenvalue weighted by Gasteiger charge is 2.05. The Morgan fingerprint density at radius 1 is 1.00 bits per heavy atom. The summed E-state index contributed by atoms with van der Waals surface area (Å²) in [5.41, 5.74) is 0. The maximum absolute atomic E-state index is 10.5. The lowest BCUT2D eigenvalue weighted by Crippen LogP contribution is -2.02. The first-order valence-electron chi connectivity index (χ1n) is 5.88. The van der Waals surface area contributed by atoms with E-state index in [1.54, 1.807) is 6.92 Å². The van der Waals surface area contributed by atoms with Crippen molar-refractivity contribution in [1.82, 2.24) is 0 Å². The summed E-state index contributed by atoms with van der Waals surface area (Å²) in [7, 11) is 0. The van der Waals surface area contributed by atoms with Crippen LogP contribution in [0.4, 0.5) is 0 Å². The maximum Gasteiger partial charge on any atom is 0.132 e. The highest BCUT2D eigenvalue weighted by Crippen LogP contribution is 2.12. The van der Waals surface area contributed by atoms with Crippen molar-refractivity contribution in [2.45, 2.75) is 66.2 Å². The lowest BCUT2D eigenvalue weighted by Gasteiger charge is -2.05. The number of Topliss-reactive ketones (excluding diaryl/α,β-unsaturated/α-hetero) is 3. The fraction of sp³-hybridized carbons (Fsp3) is 0.769. The summed E-state index contributed by atoms with van der Waals surface area (Å²) < 4.78 is 0. The van der Waals surface area contributed by atoms with Gasteiger partial charge in [-0.1, -0.05) is 13.3 Å². The van der Waals surface area contributed by atoms with E-state index in [4.69, 9.17) is 0 Å². The van der Waals surface area contributed by atoms with Crippen molar-refractivity contribution in [2.24, 2.45) is 0 Å². The van der Waals surface area contributed by atoms with Crippen LogP contribution in [0.2, 0.25) is 0 Å². The number of rotatable bonds is 1. The van der Waals surface area contributed by atoms with Crippen LogP contribution < -0.4 is 0 Å². The Morgan fingerprint density at radius 2 is 1.31 bits per heavy atom. The van der Waals surface area contributed by atoms with Gasteiger partial charge in [0.1, 0.15) is 17.3 Å². The third kappa shape index (κ3) is 23.1. The van der Waals surface area contributed by atoms with Gasteiger partial charge in [-0.05, 0) is 33.6 Å². The van der Waals surface area contributed by atoms with Crippen molar-refractivity contribution < 1.29 is 14.4 Å². The van der Waals surface area contributed by atoms with E-state index >= 15 is 0 Å². The molecule has 0 N–H and O–H groups in total. The topological polar surface area (TPSA) is 51.2 Å². The molecule has 3 nitrogen and oxygen atoms in total. The lowest BCUT2D eigenvalue weighted by atomic mass is 10.00. The number of hydrogen-bond acceptors (Lipinski definition) is 3. The predicted octanol–water partition coefficient (Wildman–Crippen LogP) is 3.10. The highest BCUT2D eigenvalue weighted by atomic mass is 16.1. The first kappa shape index (κ1) is 17.4. The van der Waals surface area contributed by atoms with E-state index in [2.05, 4.69) is 0 Å². The Bertz CT molecular complexity index is 207. The zero-order chi connectivity index (χ0) is 13.0. The van der Waals surface area contributed by atoms with Gasteiger partial charge >= 0.3 is 0 Å². The SMILES string of the molecule is CC(C)=O.CCC(C)=O.O=C1CCCCC1. The minimum Gasteiger partial charge on any atom is -0.300 e. The molecule has 0 aromatic carbocycles. The van der Waals surface area contributed by atoms with Crippen molar-refractivity contribution in [2.75, 3.05) is 0 Å². The van der Waals surface area contributed by atoms with Gasteiger partial charge in [-0.2, -0.15) is 0 Å². The summed E-state index contributed by atoms with van der Waals surface area (Å²) in [5, 5.41) is 0. The van der Waals surface area contributed by atoms with Crippen molar-refractivity contribution in [3.05, 3.63) is 0 Å². The molecule has 1 aliphatic rings. The molecule has 0 atom stereocenters. The Morgan fingerprint density at radius 3 is 1.44 bits per heavy atom. The van der Waals surface area contributed by atoms with Crippen molar-refractivity contribution in [3.63, 3.8) is 0 Å². The number of carbonyl (C=O) groups is 3. The molecule has 1 fully saturated rings. The summed E-state index contributed by atoms with van der Waals surface area (Å²) in [4.78, 5) is 29.7. The van der Waals surface area contributed by atoms with Crippen LogP contribution in [0.25, 0.3) is 0 Å². The Kier molecular flexibility index (Phi) is 13.1. The summed E-state index contributed by atoms with van der Waals surface area (Å²) in [6, 6.07) is 0. The van der Waals surface area contributed by atoms with Crippen molar-refractivity contribution in [1.29, 1.82) is 0 Å². The first-order valence-corrected chi connectivity index (χ1v) is 5.88. The molecular weight excluding hydrogens is 204 g/mol. The standard InChI is InChI=1S/C6H10O.C4H8O.C3H6O/c7-6-4-2-1-3-5-6;1-3-4(2)5;1-3(2)4/h1-5H2;3H2,1-2H3;1-2H3. The second-order valence-electron chi connectivity index (χ2n) is 4.06. The minimum atomic E-state index is 0.167. The molecule has 3 heteroatoms. The van der Waals surface area contributed by atoms with E-state index in [1.807, 2.05) is 6.92 Å². The van der Waals surface area contributed by atoms with E-state index in [1.165, 1.54) is 20.3 Å². The predicted molar refractivity (Wildman–Crippen MR) is 65.4 cm³/mol. The fourth-order valence-corrected chi connectivity index (χ4v) is 0.946. The average molecular weight is 228 g/mol. The van der Waals surface area contributed by atoms with E-state index in [-0.39, 0.29) is 11.6 Å². The van der Waals surface area contributed by atoms with Crippen LogP contribution in [0, 0.1) is 0 Å². The maximum atomic E-state index is 10.5. The second-order valence-corrected chi connectivity index (χ2v) is 4.06. The Labute approximate surface area is 98.6 Å². The van der Waals surface area contributed by atoms with Gasteiger partial charge in [0, 0.05) is 19.3 Å². The molecule has 16 heavy (non-hydrogen) atoms. The van der Waals surface area contributed by atoms with Crippen LogP contribution in [0.15, 0.2) is 0 Å². The molecule has 0 heterocycles. The van der Waals surface area contributed by atoms with Gasteiger partial charge in [-0.25, -0.2) is 0 Å². The molecule has 0 radical (unpaired) electrons. The minimum absolute atomic E-state index is 0.167. The summed E-state index contributed by atoms with van der Waals surface area (Å²) >= 11 is 0. The van der Waals surface area contributed by atoms with E-state index in [0.717, 1.165) is 25.7 Å². The zero-order valence-electron chi connectivity index (χ0n) is 11.0. The fourth-order valence-electron chi connectivity index (χ4n) is 0.946. The Hall–Kier alpha value is -0.990. The quantitative estimate of drug-likeness (QED) is 0.693. The van der Waals surface area contributed by atoms with Crippen molar-refractivity contribution >= 4 is 17.3 Å². The molecule has 0 saturated heterocycles. The van der Waals surface area contributed by atoms with Gasteiger partial charge in [0.15, 0.2) is 0 Å². The molecule has 0 bridgehead atoms. The highest BCUT2D eigenvalue weighted by molar-refractivity contribution is 5.78. The van der Waals surface area contributed by atoms with Gasteiger partial charge in [0.05, 0.1) is 0 Å². The van der Waals surface area contributed by atoms with Gasteiger partial charge in [0.25, 0.3) is 0 Å². The number of hydrogen-bond donors (Lipinski definition) is 0. The van der Waals surface area contributed by atoms with Gasteiger partial charge < -0.3 is 9.59 Å². The van der Waals surface area contributed by atoms with Crippen LogP contribution in [0.1, 0.15) is 66.2 Å². The van der Waals surface area contributed by atoms with Gasteiger partial charge in [-0.3, -0.25) is 4.79 Å². The van der Waals surface area contributed by atoms with E-state index in [9.17, 15) is 14.4 Å². The van der Waals surface area contributed by atoms with Gasteiger partial charge in [0.2, 0.25) is 0 Å². The zero-order valence-corrected chi connectivity index (χ0v) is 11.0. The average Bonchev–Trinajstić information content (AvgIpc) is 2.19. The summed E-state index contributed by atoms with van der Waals surface area (Å²) in [5.74, 6) is 0.885. The van der Waals surface area contributed by atoms with Crippen LogP contribution in [-0.4, -0.2) is 17.3 Å². The van der Waals surface area contributed by atoms with Crippen molar-refractivity contribution in [3.8, 4) is 0 Å². The summed E-state index contributed by atoms with van der Waals surface area (Å²) in [6.07, 6.45) is 5.91. The molecule has 0 aliphatic heterocycles. The molecular formula is C13H24O3. The molecule has 1 saturated carbocycles. The molecule has 0 unspecified atom stereocenters. The molecule has 0 aromatic heterocycles. The van der Waals surface area contributed by atoms with E-state index in [0.29, 0.717) is 12.2 Å². The first-order chi connectivity index (χ1) is 7.40. The van der Waals surface area contributed by atoms with Crippen LogP contribution in [-0.2, 0) is 14.4 Å². The number of carbonyl (C=O) groups excluding carboxylic acids is 3. The molecule has 1 aliphatic carbocycles. The van der Waals surface area contributed by atoms with Crippen LogP contribution >= 0.6 is 0 Å². The Balaban J connectivity index is 0. The smallest absolute Gasteiger partial charge is 0.132 e. The third-order valence-corrected chi connectivity index (χ3v) is 1.91. The third-order valence-electron chi connectivity index (χ3n) is 1.91. The molecule has 1 rings (SSSR count). The summed E-state index contributed by atoms with van der Waals surface area (Å²) in [6.45, 7) is 6.49. The van der Waals surface area contributed by atoms with E-state index < -0.39 is 0 Å². The molecule has 0 amide bonds. The van der Waals surface area contributed by atoms with Crippen LogP contribution in [0.5, 0.6) is 0 Å². The molecule has 0 spiro atoms. The monoisotopic (exact) mass is 228 g/mol. The molecule has 0 aromatic rings. The van der Waals surface area contributed by atoms with Crippen LogP contribution in [0.3, 0.4) is 0 Å². The normalized spacial score (nSPS) is 13.9. The van der Waals surface area contributed by atoms with Gasteiger partial charge in [-0.15, -0.1) is 0 Å². The lowest BCUT2D eigenvalue weighted by molar-refractivity contribution is -0.120. The molecule has 94 valence electrons. The second kappa shape index (κ2) is 12.1. The number of ketones is 3.